The Kier molecular flexibility index (Phi) is 7.10. The molecular weight excluding hydrogens is 403 g/mol. The van der Waals surface area contributed by atoms with E-state index in [1.807, 2.05) is 19.1 Å². The standard InChI is InChI=1S/C19H21F5O5/c1-2-3-11-6-25-18(26-7-11)13-8-27-17(28-9-13)12-4-14(20)16(15(21)5-12)29-10-19(22,23)24/h2-5,11,13,17-18H,6-10H2,1H3/b3-2+. The van der Waals surface area contributed by atoms with Gasteiger partial charge in [0, 0.05) is 11.5 Å². The summed E-state index contributed by atoms with van der Waals surface area (Å²) in [4.78, 5) is 0. The number of rotatable bonds is 5. The van der Waals surface area contributed by atoms with Crippen molar-refractivity contribution in [1.29, 1.82) is 0 Å². The van der Waals surface area contributed by atoms with Crippen molar-refractivity contribution in [2.24, 2.45) is 11.8 Å². The fourth-order valence-corrected chi connectivity index (χ4v) is 3.06. The van der Waals surface area contributed by atoms with Gasteiger partial charge in [0.2, 0.25) is 0 Å². The Morgan fingerprint density at radius 2 is 1.59 bits per heavy atom. The zero-order valence-electron chi connectivity index (χ0n) is 15.6. The van der Waals surface area contributed by atoms with Crippen LogP contribution in [0.2, 0.25) is 0 Å². The Bertz CT molecular complexity index is 684. The molecule has 0 atom stereocenters. The van der Waals surface area contributed by atoms with Crippen molar-refractivity contribution in [2.75, 3.05) is 33.0 Å². The highest BCUT2D eigenvalue weighted by molar-refractivity contribution is 5.32. The molecule has 0 bridgehead atoms. The van der Waals surface area contributed by atoms with Crippen molar-refractivity contribution >= 4 is 0 Å². The number of alkyl halides is 3. The Morgan fingerprint density at radius 3 is 2.10 bits per heavy atom. The van der Waals surface area contributed by atoms with Gasteiger partial charge in [-0.25, -0.2) is 8.78 Å². The average Bonchev–Trinajstić information content (AvgIpc) is 2.67. The normalized spacial score (nSPS) is 28.6. The van der Waals surface area contributed by atoms with Crippen LogP contribution >= 0.6 is 0 Å². The topological polar surface area (TPSA) is 46.2 Å². The lowest BCUT2D eigenvalue weighted by molar-refractivity contribution is -0.280. The van der Waals surface area contributed by atoms with Gasteiger partial charge in [0.15, 0.2) is 36.6 Å². The molecule has 0 amide bonds. The second-order valence-electron chi connectivity index (χ2n) is 6.80. The smallest absolute Gasteiger partial charge is 0.422 e. The molecule has 0 aliphatic carbocycles. The van der Waals surface area contributed by atoms with E-state index in [4.69, 9.17) is 18.9 Å². The second kappa shape index (κ2) is 9.38. The molecule has 0 saturated carbocycles. The first-order valence-corrected chi connectivity index (χ1v) is 9.04. The van der Waals surface area contributed by atoms with E-state index in [1.54, 1.807) is 0 Å². The molecule has 2 fully saturated rings. The molecule has 2 heterocycles. The molecule has 2 saturated heterocycles. The van der Waals surface area contributed by atoms with Crippen molar-refractivity contribution in [3.63, 3.8) is 0 Å². The average molecular weight is 424 g/mol. The number of halogens is 5. The van der Waals surface area contributed by atoms with Crippen LogP contribution in [0.4, 0.5) is 22.0 Å². The van der Waals surface area contributed by atoms with Crippen LogP contribution in [0, 0.1) is 23.5 Å². The van der Waals surface area contributed by atoms with Crippen LogP contribution in [0.1, 0.15) is 18.8 Å². The maximum absolute atomic E-state index is 14.0. The number of benzene rings is 1. The van der Waals surface area contributed by atoms with Crippen LogP contribution in [0.15, 0.2) is 24.3 Å². The van der Waals surface area contributed by atoms with Crippen LogP contribution in [0.3, 0.4) is 0 Å². The summed E-state index contributed by atoms with van der Waals surface area (Å²) in [5.74, 6) is -3.68. The minimum atomic E-state index is -4.71. The van der Waals surface area contributed by atoms with E-state index in [1.165, 1.54) is 0 Å². The molecule has 1 aromatic rings. The molecule has 10 heteroatoms. The zero-order chi connectivity index (χ0) is 21.0. The summed E-state index contributed by atoms with van der Waals surface area (Å²) in [5.41, 5.74) is -0.00330. The first-order chi connectivity index (χ1) is 13.8. The largest absolute Gasteiger partial charge is 0.478 e. The number of hydrogen-bond donors (Lipinski definition) is 0. The summed E-state index contributed by atoms with van der Waals surface area (Å²) in [6.07, 6.45) is -2.37. The summed E-state index contributed by atoms with van der Waals surface area (Å²) in [6.45, 7) is 1.46. The maximum Gasteiger partial charge on any atom is 0.422 e. The summed E-state index contributed by atoms with van der Waals surface area (Å²) in [7, 11) is 0. The lowest BCUT2D eigenvalue weighted by atomic mass is 10.1. The fraction of sp³-hybridized carbons (Fsp3) is 0.579. The highest BCUT2D eigenvalue weighted by atomic mass is 19.4. The summed E-state index contributed by atoms with van der Waals surface area (Å²) < 4.78 is 91.2. The van der Waals surface area contributed by atoms with Crippen molar-refractivity contribution in [2.45, 2.75) is 25.7 Å². The van der Waals surface area contributed by atoms with Crippen LogP contribution in [0.5, 0.6) is 5.75 Å². The molecule has 5 nitrogen and oxygen atoms in total. The predicted octanol–water partition coefficient (Wildman–Crippen LogP) is 4.13. The summed E-state index contributed by atoms with van der Waals surface area (Å²) >= 11 is 0. The molecule has 2 aliphatic heterocycles. The van der Waals surface area contributed by atoms with Gasteiger partial charge in [-0.3, -0.25) is 0 Å². The monoisotopic (exact) mass is 424 g/mol. The Morgan fingerprint density at radius 1 is 1.00 bits per heavy atom. The lowest BCUT2D eigenvalue weighted by Gasteiger charge is -2.37. The van der Waals surface area contributed by atoms with Gasteiger partial charge in [0.1, 0.15) is 0 Å². The van der Waals surface area contributed by atoms with E-state index in [9.17, 15) is 22.0 Å². The first-order valence-electron chi connectivity index (χ1n) is 9.04. The van der Waals surface area contributed by atoms with E-state index >= 15 is 0 Å². The third kappa shape index (κ3) is 5.88. The SMILES string of the molecule is C/C=C/C1COC(C2COC(c3cc(F)c(OCC(F)(F)F)c(F)c3)OC2)OC1. The van der Waals surface area contributed by atoms with Gasteiger partial charge in [-0.2, -0.15) is 13.2 Å². The quantitative estimate of drug-likeness (QED) is 0.526. The fourth-order valence-electron chi connectivity index (χ4n) is 3.06. The van der Waals surface area contributed by atoms with Crippen molar-refractivity contribution in [3.8, 4) is 5.75 Å². The predicted molar refractivity (Wildman–Crippen MR) is 90.0 cm³/mol. The molecule has 0 radical (unpaired) electrons. The second-order valence-corrected chi connectivity index (χ2v) is 6.80. The van der Waals surface area contributed by atoms with E-state index in [2.05, 4.69) is 4.74 Å². The van der Waals surface area contributed by atoms with Crippen molar-refractivity contribution in [1.82, 2.24) is 0 Å². The maximum atomic E-state index is 14.0. The molecule has 0 spiro atoms. The van der Waals surface area contributed by atoms with Gasteiger partial charge < -0.3 is 23.7 Å². The Balaban J connectivity index is 1.55. The molecule has 2 aliphatic rings. The van der Waals surface area contributed by atoms with Crippen molar-refractivity contribution < 1.29 is 45.6 Å². The molecule has 1 aromatic carbocycles. The van der Waals surface area contributed by atoms with E-state index < -0.39 is 42.7 Å². The highest BCUT2D eigenvalue weighted by Gasteiger charge is 2.35. The molecule has 0 unspecified atom stereocenters. The van der Waals surface area contributed by atoms with E-state index in [0.717, 1.165) is 12.1 Å². The van der Waals surface area contributed by atoms with Crippen molar-refractivity contribution in [3.05, 3.63) is 41.5 Å². The van der Waals surface area contributed by atoms with E-state index in [0.29, 0.717) is 13.2 Å². The van der Waals surface area contributed by atoms with Gasteiger partial charge in [0.25, 0.3) is 0 Å². The van der Waals surface area contributed by atoms with Gasteiger partial charge in [-0.1, -0.05) is 12.2 Å². The first kappa shape index (κ1) is 21.9. The Labute approximate surface area is 164 Å². The minimum Gasteiger partial charge on any atom is -0.478 e. The van der Waals surface area contributed by atoms with Crippen LogP contribution in [0.25, 0.3) is 0 Å². The third-order valence-corrected chi connectivity index (χ3v) is 4.39. The summed E-state index contributed by atoms with van der Waals surface area (Å²) in [6, 6.07) is 1.66. The third-order valence-electron chi connectivity index (χ3n) is 4.39. The molecule has 3 rings (SSSR count). The minimum absolute atomic E-state index is 0.00330. The summed E-state index contributed by atoms with van der Waals surface area (Å²) in [5, 5.41) is 0. The molecule has 162 valence electrons. The molecular formula is C19H21F5O5. The van der Waals surface area contributed by atoms with Gasteiger partial charge in [-0.05, 0) is 19.1 Å². The zero-order valence-corrected chi connectivity index (χ0v) is 15.6. The molecule has 29 heavy (non-hydrogen) atoms. The van der Waals surface area contributed by atoms with Gasteiger partial charge >= 0.3 is 6.18 Å². The van der Waals surface area contributed by atoms with Crippen LogP contribution < -0.4 is 4.74 Å². The molecule has 0 N–H and O–H groups in total. The number of allylic oxidation sites excluding steroid dienone is 1. The van der Waals surface area contributed by atoms with Crippen LogP contribution in [-0.4, -0.2) is 45.5 Å². The van der Waals surface area contributed by atoms with E-state index in [-0.39, 0.29) is 30.6 Å². The Hall–Kier alpha value is -1.75. The number of ether oxygens (including phenoxy) is 5. The number of hydrogen-bond acceptors (Lipinski definition) is 5. The molecule has 0 aromatic heterocycles. The lowest BCUT2D eigenvalue weighted by Crippen LogP contribution is -2.42. The van der Waals surface area contributed by atoms with Gasteiger partial charge in [-0.15, -0.1) is 0 Å². The highest BCUT2D eigenvalue weighted by Crippen LogP contribution is 2.33. The van der Waals surface area contributed by atoms with Gasteiger partial charge in [0.05, 0.1) is 32.3 Å². The van der Waals surface area contributed by atoms with Crippen LogP contribution in [-0.2, 0) is 18.9 Å².